The molecular formula is C33H35N. The number of hydrogen-bond donors (Lipinski definition) is 1. The Morgan fingerprint density at radius 3 is 2.09 bits per heavy atom. The second-order valence-electron chi connectivity index (χ2n) is 12.2. The number of fused-ring (bicyclic) bond motifs is 3. The molecule has 172 valence electrons. The molecule has 0 saturated heterocycles. The first-order valence-electron chi connectivity index (χ1n) is 12.7. The van der Waals surface area contributed by atoms with E-state index >= 15 is 0 Å². The fourth-order valence-corrected chi connectivity index (χ4v) is 6.60. The highest BCUT2D eigenvalue weighted by Crippen LogP contribution is 2.51. The molecule has 0 aliphatic heterocycles. The Bertz CT molecular complexity index is 1450. The van der Waals surface area contributed by atoms with Crippen LogP contribution in [0.3, 0.4) is 0 Å². The average Bonchev–Trinajstić information content (AvgIpc) is 2.81. The second kappa shape index (κ2) is 6.98. The minimum Gasteiger partial charge on any atom is -0.355 e. The molecular weight excluding hydrogens is 410 g/mol. The molecule has 2 aliphatic rings. The van der Waals surface area contributed by atoms with E-state index in [1.807, 2.05) is 0 Å². The van der Waals surface area contributed by atoms with Crippen LogP contribution in [0.1, 0.15) is 76.6 Å². The Labute approximate surface area is 204 Å². The van der Waals surface area contributed by atoms with Crippen molar-refractivity contribution in [2.45, 2.75) is 70.6 Å². The molecule has 0 amide bonds. The third kappa shape index (κ3) is 2.99. The summed E-state index contributed by atoms with van der Waals surface area (Å²) in [6.07, 6.45) is 2.44. The summed E-state index contributed by atoms with van der Waals surface area (Å²) < 4.78 is 0. The van der Waals surface area contributed by atoms with E-state index in [0.717, 1.165) is 0 Å². The van der Waals surface area contributed by atoms with Crippen LogP contribution in [0.25, 0.3) is 21.9 Å². The van der Waals surface area contributed by atoms with Crippen molar-refractivity contribution in [3.63, 3.8) is 0 Å². The summed E-state index contributed by atoms with van der Waals surface area (Å²) in [5.74, 6) is 0. The van der Waals surface area contributed by atoms with Gasteiger partial charge in [0.15, 0.2) is 0 Å². The predicted molar refractivity (Wildman–Crippen MR) is 147 cm³/mol. The molecule has 0 saturated carbocycles. The van der Waals surface area contributed by atoms with Gasteiger partial charge in [0.2, 0.25) is 0 Å². The molecule has 0 bridgehead atoms. The van der Waals surface area contributed by atoms with Gasteiger partial charge in [-0.25, -0.2) is 0 Å². The normalized spacial score (nSPS) is 18.8. The van der Waals surface area contributed by atoms with E-state index in [1.165, 1.54) is 68.4 Å². The minimum absolute atomic E-state index is 0.0573. The van der Waals surface area contributed by atoms with Gasteiger partial charge >= 0.3 is 0 Å². The second-order valence-corrected chi connectivity index (χ2v) is 12.2. The first kappa shape index (κ1) is 21.5. The Balaban J connectivity index is 1.50. The highest BCUT2D eigenvalue weighted by atomic mass is 14.9. The van der Waals surface area contributed by atoms with Gasteiger partial charge in [-0.15, -0.1) is 0 Å². The van der Waals surface area contributed by atoms with Gasteiger partial charge in [-0.3, -0.25) is 0 Å². The van der Waals surface area contributed by atoms with E-state index in [-0.39, 0.29) is 16.2 Å². The molecule has 0 fully saturated rings. The number of nitrogens with one attached hydrogen (secondary N) is 1. The van der Waals surface area contributed by atoms with Crippen molar-refractivity contribution in [2.24, 2.45) is 0 Å². The zero-order valence-electron chi connectivity index (χ0n) is 21.3. The molecule has 0 spiro atoms. The molecule has 0 heterocycles. The van der Waals surface area contributed by atoms with Crippen molar-refractivity contribution >= 4 is 22.1 Å². The maximum Gasteiger partial charge on any atom is 0.0425 e. The summed E-state index contributed by atoms with van der Waals surface area (Å²) >= 11 is 0. The van der Waals surface area contributed by atoms with Crippen LogP contribution in [0.2, 0.25) is 0 Å². The smallest absolute Gasteiger partial charge is 0.0425 e. The zero-order chi connectivity index (χ0) is 23.9. The number of rotatable bonds is 2. The van der Waals surface area contributed by atoms with Crippen molar-refractivity contribution < 1.29 is 0 Å². The first-order valence-corrected chi connectivity index (χ1v) is 12.7. The lowest BCUT2D eigenvalue weighted by molar-refractivity contribution is 0.333. The van der Waals surface area contributed by atoms with Crippen LogP contribution in [0.15, 0.2) is 72.8 Å². The highest BCUT2D eigenvalue weighted by Gasteiger charge is 2.39. The Morgan fingerprint density at radius 2 is 1.29 bits per heavy atom. The van der Waals surface area contributed by atoms with Crippen LogP contribution >= 0.6 is 0 Å². The van der Waals surface area contributed by atoms with Gasteiger partial charge in [-0.1, -0.05) is 96.1 Å². The fraction of sp³-hybridized carbons (Fsp3) is 0.333. The van der Waals surface area contributed by atoms with E-state index in [1.54, 1.807) is 0 Å². The van der Waals surface area contributed by atoms with Gasteiger partial charge in [-0.05, 0) is 86.0 Å². The molecule has 6 rings (SSSR count). The van der Waals surface area contributed by atoms with Gasteiger partial charge in [0.05, 0.1) is 0 Å². The van der Waals surface area contributed by atoms with E-state index in [2.05, 4.69) is 120 Å². The lowest BCUT2D eigenvalue weighted by Gasteiger charge is -2.43. The average molecular weight is 446 g/mol. The maximum atomic E-state index is 3.86. The number of hydrogen-bond acceptors (Lipinski definition) is 1. The largest absolute Gasteiger partial charge is 0.355 e. The van der Waals surface area contributed by atoms with Gasteiger partial charge in [0, 0.05) is 16.8 Å². The monoisotopic (exact) mass is 445 g/mol. The topological polar surface area (TPSA) is 12.0 Å². The molecule has 4 aromatic carbocycles. The van der Waals surface area contributed by atoms with Crippen molar-refractivity contribution in [3.05, 3.63) is 95.1 Å². The number of benzene rings is 4. The van der Waals surface area contributed by atoms with Gasteiger partial charge in [-0.2, -0.15) is 0 Å². The van der Waals surface area contributed by atoms with Gasteiger partial charge < -0.3 is 5.32 Å². The molecule has 34 heavy (non-hydrogen) atoms. The summed E-state index contributed by atoms with van der Waals surface area (Å²) in [6, 6.07) is 27.3. The van der Waals surface area contributed by atoms with E-state index in [0.29, 0.717) is 0 Å². The lowest BCUT2D eigenvalue weighted by Crippen LogP contribution is -2.34. The van der Waals surface area contributed by atoms with Crippen LogP contribution in [-0.2, 0) is 16.2 Å². The van der Waals surface area contributed by atoms with Crippen LogP contribution < -0.4 is 5.32 Å². The van der Waals surface area contributed by atoms with Crippen molar-refractivity contribution in [2.75, 3.05) is 5.32 Å². The quantitative estimate of drug-likeness (QED) is 0.324. The van der Waals surface area contributed by atoms with Gasteiger partial charge in [0.1, 0.15) is 0 Å². The maximum absolute atomic E-state index is 3.86. The molecule has 0 unspecified atom stereocenters. The lowest BCUT2D eigenvalue weighted by atomic mass is 9.62. The summed E-state index contributed by atoms with van der Waals surface area (Å²) in [5, 5.41) is 6.60. The summed E-state index contributed by atoms with van der Waals surface area (Å²) in [5.41, 5.74) is 11.3. The van der Waals surface area contributed by atoms with E-state index in [4.69, 9.17) is 0 Å². The van der Waals surface area contributed by atoms with Crippen molar-refractivity contribution in [3.8, 4) is 11.1 Å². The third-order valence-electron chi connectivity index (χ3n) is 8.69. The molecule has 1 nitrogen and oxygen atoms in total. The Hall–Kier alpha value is -3.06. The Morgan fingerprint density at radius 1 is 0.618 bits per heavy atom. The summed E-state index contributed by atoms with van der Waals surface area (Å²) in [7, 11) is 0. The number of anilines is 2. The molecule has 1 heteroatoms. The van der Waals surface area contributed by atoms with Crippen LogP contribution in [0, 0.1) is 0 Å². The fourth-order valence-electron chi connectivity index (χ4n) is 6.60. The van der Waals surface area contributed by atoms with E-state index < -0.39 is 0 Å². The predicted octanol–water partition coefficient (Wildman–Crippen LogP) is 9.24. The summed E-state index contributed by atoms with van der Waals surface area (Å²) in [6.45, 7) is 14.3. The summed E-state index contributed by atoms with van der Waals surface area (Å²) in [4.78, 5) is 0. The third-order valence-corrected chi connectivity index (χ3v) is 8.69. The zero-order valence-corrected chi connectivity index (χ0v) is 21.3. The van der Waals surface area contributed by atoms with Crippen LogP contribution in [0.5, 0.6) is 0 Å². The molecule has 0 radical (unpaired) electrons. The van der Waals surface area contributed by atoms with E-state index in [9.17, 15) is 0 Å². The molecule has 4 aromatic rings. The van der Waals surface area contributed by atoms with Crippen LogP contribution in [-0.4, -0.2) is 0 Å². The SMILES string of the molecule is CC1(C)CCC(C)(C)c2c(Nc3ccc4c(c3)C(C)(C)c3cccc5cccc-4c35)cccc21. The first-order chi connectivity index (χ1) is 16.1. The minimum atomic E-state index is -0.0573. The standard InChI is InChI=1S/C33H35N/c1-31(2)18-19-32(3,4)30-26(31)14-9-15-28(30)34-22-16-17-23-24-12-7-10-21-11-8-13-25(29(21)24)33(5,6)27(23)20-22/h7-17,20,34H,18-19H2,1-6H3. The molecule has 1 N–H and O–H groups in total. The van der Waals surface area contributed by atoms with Crippen LogP contribution in [0.4, 0.5) is 11.4 Å². The van der Waals surface area contributed by atoms with Crippen molar-refractivity contribution in [1.29, 1.82) is 0 Å². The molecule has 2 aliphatic carbocycles. The highest BCUT2D eigenvalue weighted by molar-refractivity contribution is 6.03. The van der Waals surface area contributed by atoms with Crippen molar-refractivity contribution in [1.82, 2.24) is 0 Å². The molecule has 0 atom stereocenters. The molecule has 0 aromatic heterocycles. The Kier molecular flexibility index (Phi) is 4.41. The van der Waals surface area contributed by atoms with Gasteiger partial charge in [0.25, 0.3) is 0 Å².